The fourth-order valence-electron chi connectivity index (χ4n) is 3.77. The summed E-state index contributed by atoms with van der Waals surface area (Å²) < 4.78 is 0. The summed E-state index contributed by atoms with van der Waals surface area (Å²) in [6, 6.07) is 1.39. The van der Waals surface area contributed by atoms with Gasteiger partial charge in [0.15, 0.2) is 0 Å². The molecule has 23 heavy (non-hydrogen) atoms. The van der Waals surface area contributed by atoms with E-state index in [-0.39, 0.29) is 0 Å². The minimum Gasteiger partial charge on any atom is -0.303 e. The lowest BCUT2D eigenvalue weighted by Crippen LogP contribution is -2.50. The molecule has 4 heteroatoms. The van der Waals surface area contributed by atoms with Crippen molar-refractivity contribution in [1.29, 1.82) is 0 Å². The quantitative estimate of drug-likeness (QED) is 0.711. The second kappa shape index (κ2) is 9.36. The average Bonchev–Trinajstić information content (AvgIpc) is 2.54. The van der Waals surface area contributed by atoms with Gasteiger partial charge in [0, 0.05) is 57.9 Å². The number of hydrogen-bond acceptors (Lipinski definition) is 4. The van der Waals surface area contributed by atoms with E-state index >= 15 is 0 Å². The molecule has 0 N–H and O–H groups in total. The Balaban J connectivity index is 1.60. The van der Waals surface area contributed by atoms with Crippen LogP contribution in [0.2, 0.25) is 0 Å². The molecule has 2 aliphatic rings. The zero-order valence-electron chi connectivity index (χ0n) is 16.3. The monoisotopic (exact) mass is 324 g/mol. The van der Waals surface area contributed by atoms with Crippen molar-refractivity contribution >= 4 is 0 Å². The lowest BCUT2D eigenvalue weighted by Gasteiger charge is -2.40. The normalized spacial score (nSPS) is 23.5. The number of piperidine rings is 1. The third kappa shape index (κ3) is 6.33. The summed E-state index contributed by atoms with van der Waals surface area (Å²) in [6.45, 7) is 20.7. The third-order valence-corrected chi connectivity index (χ3v) is 6.01. The molecular formula is C19H40N4. The molecule has 0 aromatic rings. The molecule has 0 aromatic heterocycles. The molecule has 4 nitrogen and oxygen atoms in total. The highest BCUT2D eigenvalue weighted by Gasteiger charge is 2.24. The van der Waals surface area contributed by atoms with E-state index in [0.717, 1.165) is 12.0 Å². The van der Waals surface area contributed by atoms with Gasteiger partial charge in [0.2, 0.25) is 0 Å². The first-order chi connectivity index (χ1) is 11.0. The maximum Gasteiger partial charge on any atom is 0.0110 e. The third-order valence-electron chi connectivity index (χ3n) is 6.01. The molecule has 2 saturated heterocycles. The summed E-state index contributed by atoms with van der Waals surface area (Å²) >= 11 is 0. The number of piperazine rings is 1. The van der Waals surface area contributed by atoms with Crippen LogP contribution in [0.25, 0.3) is 0 Å². The van der Waals surface area contributed by atoms with E-state index in [0.29, 0.717) is 6.04 Å². The molecule has 2 fully saturated rings. The summed E-state index contributed by atoms with van der Waals surface area (Å²) in [6.07, 6.45) is 2.80. The van der Waals surface area contributed by atoms with Gasteiger partial charge in [-0.2, -0.15) is 0 Å². The molecule has 0 unspecified atom stereocenters. The molecule has 0 aliphatic carbocycles. The van der Waals surface area contributed by atoms with Gasteiger partial charge in [-0.15, -0.1) is 0 Å². The molecule has 0 aromatic carbocycles. The van der Waals surface area contributed by atoms with Gasteiger partial charge in [0.1, 0.15) is 0 Å². The lowest BCUT2D eigenvalue weighted by atomic mass is 9.95. The number of rotatable bonds is 7. The minimum atomic E-state index is 0.660. The smallest absolute Gasteiger partial charge is 0.0110 e. The van der Waals surface area contributed by atoms with Gasteiger partial charge < -0.3 is 14.7 Å². The molecule has 0 bridgehead atoms. The highest BCUT2D eigenvalue weighted by molar-refractivity contribution is 4.79. The minimum absolute atomic E-state index is 0.660. The van der Waals surface area contributed by atoms with Crippen LogP contribution < -0.4 is 0 Å². The summed E-state index contributed by atoms with van der Waals surface area (Å²) in [5.74, 6) is 0.934. The molecule has 0 amide bonds. The molecular weight excluding hydrogens is 284 g/mol. The SMILES string of the molecule is CC(C)N(C)CCN1CCN(CC2CCN(C(C)C)CC2)CC1. The van der Waals surface area contributed by atoms with Gasteiger partial charge in [0.25, 0.3) is 0 Å². The van der Waals surface area contributed by atoms with E-state index in [1.807, 2.05) is 0 Å². The van der Waals surface area contributed by atoms with Crippen molar-refractivity contribution in [2.24, 2.45) is 5.92 Å². The molecule has 0 atom stereocenters. The van der Waals surface area contributed by atoms with Gasteiger partial charge in [0.05, 0.1) is 0 Å². The average molecular weight is 325 g/mol. The van der Waals surface area contributed by atoms with E-state index < -0.39 is 0 Å². The van der Waals surface area contributed by atoms with Crippen LogP contribution in [0.4, 0.5) is 0 Å². The fourth-order valence-corrected chi connectivity index (χ4v) is 3.77. The lowest BCUT2D eigenvalue weighted by molar-refractivity contribution is 0.0824. The highest BCUT2D eigenvalue weighted by atomic mass is 15.3. The van der Waals surface area contributed by atoms with Crippen LogP contribution in [0.5, 0.6) is 0 Å². The number of likely N-dealkylation sites (N-methyl/N-ethyl adjacent to an activating group) is 1. The van der Waals surface area contributed by atoms with Crippen molar-refractivity contribution in [2.75, 3.05) is 66.0 Å². The van der Waals surface area contributed by atoms with Crippen LogP contribution in [0.15, 0.2) is 0 Å². The van der Waals surface area contributed by atoms with Gasteiger partial charge in [-0.25, -0.2) is 0 Å². The van der Waals surface area contributed by atoms with Gasteiger partial charge in [-0.3, -0.25) is 4.90 Å². The number of nitrogens with zero attached hydrogens (tertiary/aromatic N) is 4. The first kappa shape index (κ1) is 19.2. The summed E-state index contributed by atoms with van der Waals surface area (Å²) in [5, 5.41) is 0. The van der Waals surface area contributed by atoms with Crippen LogP contribution in [0, 0.1) is 5.92 Å². The molecule has 0 saturated carbocycles. The predicted octanol–water partition coefficient (Wildman–Crippen LogP) is 2.06. The molecule has 2 aliphatic heterocycles. The maximum absolute atomic E-state index is 2.72. The fraction of sp³-hybridized carbons (Fsp3) is 1.00. The van der Waals surface area contributed by atoms with Gasteiger partial charge in [-0.1, -0.05) is 0 Å². The summed E-state index contributed by atoms with van der Waals surface area (Å²) in [4.78, 5) is 10.5. The Morgan fingerprint density at radius 1 is 0.870 bits per heavy atom. The Hall–Kier alpha value is -0.160. The Morgan fingerprint density at radius 2 is 1.43 bits per heavy atom. The van der Waals surface area contributed by atoms with E-state index in [4.69, 9.17) is 0 Å². The van der Waals surface area contributed by atoms with E-state index in [1.54, 1.807) is 0 Å². The molecule has 0 radical (unpaired) electrons. The van der Waals surface area contributed by atoms with Crippen molar-refractivity contribution in [3.05, 3.63) is 0 Å². The topological polar surface area (TPSA) is 13.0 Å². The number of hydrogen-bond donors (Lipinski definition) is 0. The molecule has 136 valence electrons. The van der Waals surface area contributed by atoms with Crippen molar-refractivity contribution in [2.45, 2.75) is 52.6 Å². The van der Waals surface area contributed by atoms with Crippen LogP contribution in [-0.4, -0.2) is 97.6 Å². The van der Waals surface area contributed by atoms with Crippen LogP contribution in [0.3, 0.4) is 0 Å². The first-order valence-corrected chi connectivity index (χ1v) is 9.84. The summed E-state index contributed by atoms with van der Waals surface area (Å²) in [7, 11) is 2.24. The molecule has 2 heterocycles. The highest BCUT2D eigenvalue weighted by Crippen LogP contribution is 2.20. The van der Waals surface area contributed by atoms with E-state index in [9.17, 15) is 0 Å². The van der Waals surface area contributed by atoms with Gasteiger partial charge >= 0.3 is 0 Å². The van der Waals surface area contributed by atoms with Crippen LogP contribution in [-0.2, 0) is 0 Å². The van der Waals surface area contributed by atoms with Crippen molar-refractivity contribution in [3.63, 3.8) is 0 Å². The van der Waals surface area contributed by atoms with E-state index in [1.165, 1.54) is 71.7 Å². The van der Waals surface area contributed by atoms with Crippen molar-refractivity contribution in [1.82, 2.24) is 19.6 Å². The van der Waals surface area contributed by atoms with Crippen LogP contribution >= 0.6 is 0 Å². The maximum atomic E-state index is 2.72. The Labute approximate surface area is 144 Å². The number of likely N-dealkylation sites (tertiary alicyclic amines) is 1. The second-order valence-corrected chi connectivity index (χ2v) is 8.29. The predicted molar refractivity (Wildman–Crippen MR) is 100 cm³/mol. The van der Waals surface area contributed by atoms with Crippen molar-refractivity contribution < 1.29 is 0 Å². The van der Waals surface area contributed by atoms with Crippen molar-refractivity contribution in [3.8, 4) is 0 Å². The Kier molecular flexibility index (Phi) is 7.80. The zero-order valence-corrected chi connectivity index (χ0v) is 16.3. The Morgan fingerprint density at radius 3 is 1.96 bits per heavy atom. The van der Waals surface area contributed by atoms with Crippen LogP contribution in [0.1, 0.15) is 40.5 Å². The summed E-state index contributed by atoms with van der Waals surface area (Å²) in [5.41, 5.74) is 0. The van der Waals surface area contributed by atoms with Gasteiger partial charge in [-0.05, 0) is 66.6 Å². The largest absolute Gasteiger partial charge is 0.303 e. The molecule has 0 spiro atoms. The zero-order chi connectivity index (χ0) is 16.8. The first-order valence-electron chi connectivity index (χ1n) is 9.84. The second-order valence-electron chi connectivity index (χ2n) is 8.29. The standard InChI is InChI=1S/C19H40N4/c1-17(2)20(5)10-11-21-12-14-22(15-13-21)16-19-6-8-23(9-7-19)18(3)4/h17-19H,6-16H2,1-5H3. The molecule has 2 rings (SSSR count). The Bertz CT molecular complexity index is 315. The van der Waals surface area contributed by atoms with E-state index in [2.05, 4.69) is 54.3 Å².